The molecule has 0 amide bonds. The molecule has 2 rings (SSSR count). The molecule has 14 heavy (non-hydrogen) atoms. The van der Waals surface area contributed by atoms with Crippen molar-refractivity contribution >= 4 is 11.4 Å². The first kappa shape index (κ1) is 9.38. The fourth-order valence-electron chi connectivity index (χ4n) is 1.95. The smallest absolute Gasteiger partial charge is 0.0362 e. The van der Waals surface area contributed by atoms with Crippen LogP contribution in [0.15, 0.2) is 24.3 Å². The minimum atomic E-state index is 0.575. The summed E-state index contributed by atoms with van der Waals surface area (Å²) in [6.07, 6.45) is 4.14. The van der Waals surface area contributed by atoms with Crippen LogP contribution >= 0.6 is 0 Å². The van der Waals surface area contributed by atoms with Crippen LogP contribution in [0.3, 0.4) is 0 Å². The number of nitrogens with one attached hydrogen (secondary N) is 1. The van der Waals surface area contributed by atoms with E-state index < -0.39 is 0 Å². The van der Waals surface area contributed by atoms with Crippen molar-refractivity contribution in [1.82, 2.24) is 0 Å². The summed E-state index contributed by atoms with van der Waals surface area (Å²) in [5.41, 5.74) is 7.69. The molecule has 0 aliphatic heterocycles. The Labute approximate surface area is 85.5 Å². The van der Waals surface area contributed by atoms with Gasteiger partial charge in [-0.2, -0.15) is 0 Å². The lowest BCUT2D eigenvalue weighted by atomic mass is 9.80. The van der Waals surface area contributed by atoms with Crippen LogP contribution in [0.1, 0.15) is 26.2 Å². The molecule has 76 valence electrons. The lowest BCUT2D eigenvalue weighted by Gasteiger charge is -2.32. The van der Waals surface area contributed by atoms with E-state index in [0.29, 0.717) is 6.04 Å². The molecular formula is C12H18N2. The van der Waals surface area contributed by atoms with E-state index in [1.165, 1.54) is 19.3 Å². The Balaban J connectivity index is 1.95. The summed E-state index contributed by atoms with van der Waals surface area (Å²) in [6.45, 7) is 2.26. The van der Waals surface area contributed by atoms with Crippen LogP contribution in [0.4, 0.5) is 11.4 Å². The highest BCUT2D eigenvalue weighted by Gasteiger charge is 2.23. The number of nitrogens with two attached hydrogens (primary N) is 1. The second-order valence-corrected chi connectivity index (χ2v) is 4.25. The van der Waals surface area contributed by atoms with Crippen molar-refractivity contribution in [3.63, 3.8) is 0 Å². The van der Waals surface area contributed by atoms with Crippen molar-refractivity contribution in [1.29, 1.82) is 0 Å². The van der Waals surface area contributed by atoms with Crippen molar-refractivity contribution in [2.24, 2.45) is 5.92 Å². The highest BCUT2D eigenvalue weighted by atomic mass is 14.9. The Bertz CT molecular complexity index is 305. The van der Waals surface area contributed by atoms with E-state index in [2.05, 4.69) is 18.3 Å². The van der Waals surface area contributed by atoms with Gasteiger partial charge in [0.15, 0.2) is 0 Å². The predicted octanol–water partition coefficient (Wildman–Crippen LogP) is 2.87. The third kappa shape index (κ3) is 2.00. The van der Waals surface area contributed by atoms with E-state index >= 15 is 0 Å². The fraction of sp³-hybridized carbons (Fsp3) is 0.500. The summed E-state index contributed by atoms with van der Waals surface area (Å²) in [5, 5.41) is 3.50. The number of anilines is 2. The summed E-state index contributed by atoms with van der Waals surface area (Å²) in [5.74, 6) is 0.858. The molecule has 0 bridgehead atoms. The van der Waals surface area contributed by atoms with Gasteiger partial charge < -0.3 is 11.1 Å². The fourth-order valence-corrected chi connectivity index (χ4v) is 1.95. The van der Waals surface area contributed by atoms with Crippen LogP contribution in [0.25, 0.3) is 0 Å². The maximum absolute atomic E-state index is 5.72. The van der Waals surface area contributed by atoms with Gasteiger partial charge in [0.05, 0.1) is 0 Å². The van der Waals surface area contributed by atoms with Gasteiger partial charge in [-0.25, -0.2) is 0 Å². The summed E-state index contributed by atoms with van der Waals surface area (Å²) in [6, 6.07) is 8.55. The van der Waals surface area contributed by atoms with Gasteiger partial charge in [0.2, 0.25) is 0 Å². The Hall–Kier alpha value is -1.18. The zero-order valence-electron chi connectivity index (χ0n) is 8.66. The number of benzene rings is 1. The number of hydrogen-bond donors (Lipinski definition) is 2. The molecule has 1 aliphatic carbocycles. The Morgan fingerprint density at radius 3 is 2.79 bits per heavy atom. The van der Waals surface area contributed by atoms with Gasteiger partial charge in [-0.15, -0.1) is 0 Å². The molecule has 1 unspecified atom stereocenters. The van der Waals surface area contributed by atoms with Crippen LogP contribution < -0.4 is 11.1 Å². The van der Waals surface area contributed by atoms with Crippen molar-refractivity contribution in [3.05, 3.63) is 24.3 Å². The minimum Gasteiger partial charge on any atom is -0.399 e. The minimum absolute atomic E-state index is 0.575. The number of rotatable bonds is 3. The molecule has 0 saturated heterocycles. The van der Waals surface area contributed by atoms with Gasteiger partial charge in [0.25, 0.3) is 0 Å². The molecule has 0 heterocycles. The molecule has 2 heteroatoms. The summed E-state index contributed by atoms with van der Waals surface area (Å²) in [7, 11) is 0. The normalized spacial score (nSPS) is 18.6. The summed E-state index contributed by atoms with van der Waals surface area (Å²) in [4.78, 5) is 0. The van der Waals surface area contributed by atoms with Crippen LogP contribution in [-0.2, 0) is 0 Å². The molecule has 1 fully saturated rings. The summed E-state index contributed by atoms with van der Waals surface area (Å²) < 4.78 is 0. The quantitative estimate of drug-likeness (QED) is 0.719. The molecule has 1 aromatic carbocycles. The van der Waals surface area contributed by atoms with Gasteiger partial charge in [0.1, 0.15) is 0 Å². The largest absolute Gasteiger partial charge is 0.399 e. The predicted molar refractivity (Wildman–Crippen MR) is 61.3 cm³/mol. The maximum Gasteiger partial charge on any atom is 0.0362 e. The SMILES string of the molecule is CC(Nc1cccc(N)c1)C1CCC1. The highest BCUT2D eigenvalue weighted by molar-refractivity contribution is 5.54. The second kappa shape index (κ2) is 3.91. The third-order valence-electron chi connectivity index (χ3n) is 3.14. The molecule has 0 aromatic heterocycles. The van der Waals surface area contributed by atoms with Crippen LogP contribution in [0.5, 0.6) is 0 Å². The van der Waals surface area contributed by atoms with Gasteiger partial charge >= 0.3 is 0 Å². The monoisotopic (exact) mass is 190 g/mol. The average Bonchev–Trinajstić information content (AvgIpc) is 1.99. The molecule has 1 aromatic rings. The van der Waals surface area contributed by atoms with Gasteiger partial charge in [-0.1, -0.05) is 12.5 Å². The third-order valence-corrected chi connectivity index (χ3v) is 3.14. The Morgan fingerprint density at radius 1 is 1.43 bits per heavy atom. The molecule has 1 saturated carbocycles. The van der Waals surface area contributed by atoms with E-state index in [1.54, 1.807) is 0 Å². The lowest BCUT2D eigenvalue weighted by molar-refractivity contribution is 0.285. The topological polar surface area (TPSA) is 38.0 Å². The van der Waals surface area contributed by atoms with Crippen molar-refractivity contribution in [2.45, 2.75) is 32.2 Å². The van der Waals surface area contributed by atoms with E-state index in [1.807, 2.05) is 18.2 Å². The first-order valence-corrected chi connectivity index (χ1v) is 5.38. The van der Waals surface area contributed by atoms with E-state index in [9.17, 15) is 0 Å². The highest BCUT2D eigenvalue weighted by Crippen LogP contribution is 2.31. The van der Waals surface area contributed by atoms with Crippen LogP contribution in [0, 0.1) is 5.92 Å². The Morgan fingerprint density at radius 2 is 2.21 bits per heavy atom. The molecule has 0 spiro atoms. The standard InChI is InChI=1S/C12H18N2/c1-9(10-4-2-5-10)14-12-7-3-6-11(13)8-12/h3,6-10,14H,2,4-5,13H2,1H3. The lowest BCUT2D eigenvalue weighted by Crippen LogP contribution is -2.30. The first-order chi connectivity index (χ1) is 6.75. The Kier molecular flexibility index (Phi) is 2.62. The van der Waals surface area contributed by atoms with Crippen molar-refractivity contribution < 1.29 is 0 Å². The number of hydrogen-bond acceptors (Lipinski definition) is 2. The molecule has 0 radical (unpaired) electrons. The molecule has 3 N–H and O–H groups in total. The first-order valence-electron chi connectivity index (χ1n) is 5.38. The van der Waals surface area contributed by atoms with Gasteiger partial charge in [-0.3, -0.25) is 0 Å². The zero-order chi connectivity index (χ0) is 9.97. The van der Waals surface area contributed by atoms with E-state index in [4.69, 9.17) is 5.73 Å². The zero-order valence-corrected chi connectivity index (χ0v) is 8.66. The van der Waals surface area contributed by atoms with E-state index in [-0.39, 0.29) is 0 Å². The molecular weight excluding hydrogens is 172 g/mol. The van der Waals surface area contributed by atoms with Gasteiger partial charge in [-0.05, 0) is 43.9 Å². The van der Waals surface area contributed by atoms with Crippen LogP contribution in [0.2, 0.25) is 0 Å². The second-order valence-electron chi connectivity index (χ2n) is 4.25. The molecule has 1 aliphatic rings. The van der Waals surface area contributed by atoms with Gasteiger partial charge in [0, 0.05) is 17.4 Å². The van der Waals surface area contributed by atoms with E-state index in [0.717, 1.165) is 17.3 Å². The van der Waals surface area contributed by atoms with Crippen LogP contribution in [-0.4, -0.2) is 6.04 Å². The molecule has 1 atom stereocenters. The van der Waals surface area contributed by atoms with Crippen molar-refractivity contribution in [3.8, 4) is 0 Å². The maximum atomic E-state index is 5.72. The summed E-state index contributed by atoms with van der Waals surface area (Å²) >= 11 is 0. The van der Waals surface area contributed by atoms with Crippen molar-refractivity contribution in [2.75, 3.05) is 11.1 Å². The molecule has 2 nitrogen and oxygen atoms in total. The average molecular weight is 190 g/mol. The number of nitrogen functional groups attached to an aromatic ring is 1.